The van der Waals surface area contributed by atoms with Gasteiger partial charge in [0.2, 0.25) is 0 Å². The molecule has 1 aliphatic rings. The van der Waals surface area contributed by atoms with Gasteiger partial charge in [0.1, 0.15) is 0 Å². The van der Waals surface area contributed by atoms with E-state index in [4.69, 9.17) is 9.90 Å². The molecule has 0 bridgehead atoms. The van der Waals surface area contributed by atoms with Crippen LogP contribution in [0.1, 0.15) is 32.1 Å². The van der Waals surface area contributed by atoms with Crippen LogP contribution in [0.25, 0.3) is 5.82 Å². The molecule has 8 nitrogen and oxygen atoms in total. The number of nitrogens with zero attached hydrogens (tertiary/aromatic N) is 4. The molecule has 2 N–H and O–H groups in total. The standard InChI is InChI=1S/C22H21N5OS2.C2HF3O2/c28-22(24-8-5-18-4-2-9-30-18)19-11-25-27-20(19)14-26(12-16-6-10-29-15-16)13-17-3-1-7-23-21(17)27;3-2(4,5)1(6)7/h1-4,6-7,9-11,15H,5,8,12-14H2,(H,24,28);(H,6,7). The zero-order chi connectivity index (χ0) is 26.4. The Bertz CT molecular complexity index is 1340. The third-order valence-electron chi connectivity index (χ3n) is 5.41. The van der Waals surface area contributed by atoms with E-state index in [9.17, 15) is 18.0 Å². The summed E-state index contributed by atoms with van der Waals surface area (Å²) in [6.07, 6.45) is -0.802. The molecule has 1 aliphatic heterocycles. The maximum atomic E-state index is 13.0. The second kappa shape index (κ2) is 11.7. The van der Waals surface area contributed by atoms with Crippen LogP contribution in [0.3, 0.4) is 0 Å². The largest absolute Gasteiger partial charge is 0.490 e. The van der Waals surface area contributed by atoms with Crippen LogP contribution in [-0.4, -0.2) is 49.4 Å². The van der Waals surface area contributed by atoms with Crippen LogP contribution in [0.4, 0.5) is 13.2 Å². The number of carbonyl (C=O) groups excluding carboxylic acids is 1. The number of rotatable bonds is 6. The van der Waals surface area contributed by atoms with Gasteiger partial charge in [0.05, 0.1) is 17.5 Å². The van der Waals surface area contributed by atoms with Gasteiger partial charge >= 0.3 is 12.1 Å². The monoisotopic (exact) mass is 549 g/mol. The Morgan fingerprint density at radius 1 is 1.14 bits per heavy atom. The van der Waals surface area contributed by atoms with Gasteiger partial charge in [-0.1, -0.05) is 12.1 Å². The quantitative estimate of drug-likeness (QED) is 0.367. The third kappa shape index (κ3) is 6.81. The van der Waals surface area contributed by atoms with E-state index in [0.717, 1.165) is 36.6 Å². The smallest absolute Gasteiger partial charge is 0.475 e. The topological polar surface area (TPSA) is 100 Å². The zero-order valence-electron chi connectivity index (χ0n) is 19.3. The lowest BCUT2D eigenvalue weighted by molar-refractivity contribution is -0.192. The van der Waals surface area contributed by atoms with E-state index in [0.29, 0.717) is 18.7 Å². The predicted molar refractivity (Wildman–Crippen MR) is 133 cm³/mol. The summed E-state index contributed by atoms with van der Waals surface area (Å²) in [5.74, 6) is -2.03. The van der Waals surface area contributed by atoms with Crippen molar-refractivity contribution in [2.75, 3.05) is 6.54 Å². The fraction of sp³-hybridized carbons (Fsp3) is 0.250. The number of carboxylic acids is 1. The summed E-state index contributed by atoms with van der Waals surface area (Å²) in [6.45, 7) is 2.83. The van der Waals surface area contributed by atoms with Crippen molar-refractivity contribution in [3.63, 3.8) is 0 Å². The first-order chi connectivity index (χ1) is 17.7. The van der Waals surface area contributed by atoms with Crippen molar-refractivity contribution >= 4 is 34.6 Å². The van der Waals surface area contributed by atoms with E-state index >= 15 is 0 Å². The Morgan fingerprint density at radius 3 is 2.62 bits per heavy atom. The van der Waals surface area contributed by atoms with Crippen LogP contribution in [0, 0.1) is 0 Å². The van der Waals surface area contributed by atoms with Crippen LogP contribution in [0.15, 0.2) is 58.9 Å². The number of hydrogen-bond acceptors (Lipinski definition) is 7. The summed E-state index contributed by atoms with van der Waals surface area (Å²) in [4.78, 5) is 30.0. The van der Waals surface area contributed by atoms with Crippen LogP contribution in [-0.2, 0) is 30.8 Å². The van der Waals surface area contributed by atoms with Crippen molar-refractivity contribution < 1.29 is 27.9 Å². The molecule has 37 heavy (non-hydrogen) atoms. The second-order valence-electron chi connectivity index (χ2n) is 8.07. The average molecular weight is 550 g/mol. The lowest BCUT2D eigenvalue weighted by Crippen LogP contribution is -2.28. The summed E-state index contributed by atoms with van der Waals surface area (Å²) in [7, 11) is 0. The summed E-state index contributed by atoms with van der Waals surface area (Å²) >= 11 is 3.41. The fourth-order valence-corrected chi connectivity index (χ4v) is 5.12. The molecular weight excluding hydrogens is 527 g/mol. The number of aromatic nitrogens is 3. The lowest BCUT2D eigenvalue weighted by atomic mass is 10.2. The number of nitrogens with one attached hydrogen (secondary N) is 1. The molecule has 5 rings (SSSR count). The third-order valence-corrected chi connectivity index (χ3v) is 7.08. The lowest BCUT2D eigenvalue weighted by Gasteiger charge is -2.20. The van der Waals surface area contributed by atoms with Crippen LogP contribution in [0.5, 0.6) is 0 Å². The van der Waals surface area contributed by atoms with E-state index in [1.807, 2.05) is 16.8 Å². The molecule has 4 aromatic rings. The normalized spacial score (nSPS) is 13.1. The molecule has 0 saturated carbocycles. The minimum atomic E-state index is -5.08. The molecule has 0 aromatic carbocycles. The summed E-state index contributed by atoms with van der Waals surface area (Å²) < 4.78 is 33.6. The van der Waals surface area contributed by atoms with Gasteiger partial charge in [-0.2, -0.15) is 29.6 Å². The molecule has 13 heteroatoms. The Balaban J connectivity index is 0.000000405. The Labute approximate surface area is 218 Å². The van der Waals surface area contributed by atoms with Crippen molar-refractivity contribution in [2.45, 2.75) is 32.2 Å². The second-order valence-corrected chi connectivity index (χ2v) is 9.88. The van der Waals surface area contributed by atoms with Gasteiger partial charge in [0.25, 0.3) is 5.91 Å². The molecule has 194 valence electrons. The number of thiophene rings is 2. The molecule has 5 heterocycles. The molecule has 1 amide bonds. The maximum absolute atomic E-state index is 13.0. The SMILES string of the molecule is O=C(NCCc1cccs1)c1cnn2c1CN(Cc1ccsc1)Cc1cccnc1-2.O=C(O)C(F)(F)F. The number of carboxylic acid groups (broad SMARTS) is 1. The fourth-order valence-electron chi connectivity index (χ4n) is 3.75. The molecule has 0 unspecified atom stereocenters. The van der Waals surface area contributed by atoms with E-state index in [1.54, 1.807) is 35.1 Å². The zero-order valence-corrected chi connectivity index (χ0v) is 20.9. The highest BCUT2D eigenvalue weighted by molar-refractivity contribution is 7.09. The van der Waals surface area contributed by atoms with Gasteiger partial charge in [0.15, 0.2) is 5.82 Å². The van der Waals surface area contributed by atoms with E-state index in [-0.39, 0.29) is 5.91 Å². The highest BCUT2D eigenvalue weighted by Crippen LogP contribution is 2.26. The van der Waals surface area contributed by atoms with Gasteiger partial charge in [-0.25, -0.2) is 14.5 Å². The Morgan fingerprint density at radius 2 is 1.95 bits per heavy atom. The van der Waals surface area contributed by atoms with Gasteiger partial charge in [-0.3, -0.25) is 9.69 Å². The van der Waals surface area contributed by atoms with Crippen molar-refractivity contribution in [3.05, 3.63) is 86.1 Å². The first kappa shape index (κ1) is 26.5. The number of pyridine rings is 1. The van der Waals surface area contributed by atoms with Crippen LogP contribution >= 0.6 is 22.7 Å². The molecule has 0 spiro atoms. The predicted octanol–water partition coefficient (Wildman–Crippen LogP) is 4.51. The van der Waals surface area contributed by atoms with E-state index in [1.165, 1.54) is 10.4 Å². The van der Waals surface area contributed by atoms with Crippen molar-refractivity contribution in [3.8, 4) is 5.82 Å². The Hall–Kier alpha value is -3.55. The van der Waals surface area contributed by atoms with Gasteiger partial charge in [-0.15, -0.1) is 11.3 Å². The molecule has 0 fully saturated rings. The summed E-state index contributed by atoms with van der Waals surface area (Å²) in [5, 5.41) is 21.0. The van der Waals surface area contributed by atoms with Gasteiger partial charge in [0, 0.05) is 42.8 Å². The first-order valence-corrected chi connectivity index (χ1v) is 12.9. The highest BCUT2D eigenvalue weighted by atomic mass is 32.1. The van der Waals surface area contributed by atoms with Crippen LogP contribution < -0.4 is 5.32 Å². The van der Waals surface area contributed by atoms with E-state index < -0.39 is 12.1 Å². The molecular formula is C24H22F3N5O3S2. The average Bonchev–Trinajstić information content (AvgIpc) is 3.61. The first-order valence-electron chi connectivity index (χ1n) is 11.1. The number of hydrogen-bond donors (Lipinski definition) is 2. The number of alkyl halides is 3. The van der Waals surface area contributed by atoms with Crippen molar-refractivity contribution in [2.24, 2.45) is 0 Å². The maximum Gasteiger partial charge on any atom is 0.490 e. The van der Waals surface area contributed by atoms with Crippen molar-refractivity contribution in [1.29, 1.82) is 0 Å². The number of halogens is 3. The van der Waals surface area contributed by atoms with Gasteiger partial charge < -0.3 is 10.4 Å². The molecule has 0 atom stereocenters. The Kier molecular flexibility index (Phi) is 8.36. The molecule has 0 aliphatic carbocycles. The number of aliphatic carboxylic acids is 1. The number of amides is 1. The van der Waals surface area contributed by atoms with Gasteiger partial charge in [-0.05, 0) is 46.3 Å². The minimum Gasteiger partial charge on any atom is -0.475 e. The van der Waals surface area contributed by atoms with E-state index in [2.05, 4.69) is 54.6 Å². The highest BCUT2D eigenvalue weighted by Gasteiger charge is 2.38. The van der Waals surface area contributed by atoms with Crippen LogP contribution in [0.2, 0.25) is 0 Å². The number of carbonyl (C=O) groups is 2. The molecule has 0 radical (unpaired) electrons. The van der Waals surface area contributed by atoms with Crippen molar-refractivity contribution in [1.82, 2.24) is 25.0 Å². The minimum absolute atomic E-state index is 0.0809. The summed E-state index contributed by atoms with van der Waals surface area (Å²) in [6, 6.07) is 10.3. The summed E-state index contributed by atoms with van der Waals surface area (Å²) in [5.41, 5.74) is 3.89. The number of fused-ring (bicyclic) bond motifs is 3. The molecule has 4 aromatic heterocycles. The molecule has 0 saturated heterocycles.